The molecule has 0 radical (unpaired) electrons. The van der Waals surface area contributed by atoms with Crippen molar-refractivity contribution in [2.45, 2.75) is 46.2 Å². The Morgan fingerprint density at radius 1 is 1.26 bits per heavy atom. The van der Waals surface area contributed by atoms with E-state index >= 15 is 0 Å². The highest BCUT2D eigenvalue weighted by Crippen LogP contribution is 2.22. The average Bonchev–Trinajstić information content (AvgIpc) is 3.03. The molecule has 1 N–H and O–H groups in total. The van der Waals surface area contributed by atoms with Crippen LogP contribution in [0.15, 0.2) is 34.3 Å². The fraction of sp³-hybridized carbons (Fsp3) is 0.579. The number of amidine groups is 1. The van der Waals surface area contributed by atoms with E-state index in [9.17, 15) is 4.39 Å². The first-order chi connectivity index (χ1) is 10.9. The van der Waals surface area contributed by atoms with Gasteiger partial charge in [0.05, 0.1) is 12.3 Å². The fourth-order valence-corrected chi connectivity index (χ4v) is 2.43. The average molecular weight is 317 g/mol. The molecule has 0 bridgehead atoms. The Hall–Kier alpha value is -1.55. The Kier molecular flexibility index (Phi) is 6.05. The maximum atomic E-state index is 14.3. The van der Waals surface area contributed by atoms with E-state index in [1.807, 2.05) is 19.1 Å². The lowest BCUT2D eigenvalue weighted by Gasteiger charge is -2.16. The predicted octanol–water partition coefficient (Wildman–Crippen LogP) is 3.81. The highest BCUT2D eigenvalue weighted by atomic mass is 19.1. The van der Waals surface area contributed by atoms with Crippen LogP contribution >= 0.6 is 0 Å². The van der Waals surface area contributed by atoms with Crippen molar-refractivity contribution in [3.63, 3.8) is 0 Å². The molecule has 0 saturated heterocycles. The van der Waals surface area contributed by atoms with Crippen molar-refractivity contribution in [1.29, 1.82) is 0 Å². The molecular weight excluding hydrogens is 289 g/mol. The van der Waals surface area contributed by atoms with Gasteiger partial charge >= 0.3 is 0 Å². The summed E-state index contributed by atoms with van der Waals surface area (Å²) < 4.78 is 14.3. The second-order valence-electron chi connectivity index (χ2n) is 6.79. The quantitative estimate of drug-likeness (QED) is 0.727. The summed E-state index contributed by atoms with van der Waals surface area (Å²) in [5.41, 5.74) is 1.44. The van der Waals surface area contributed by atoms with Crippen molar-refractivity contribution >= 4 is 11.5 Å². The topological polar surface area (TPSA) is 36.8 Å². The SMILES string of the molecule is CCC(C)(F)C1=NC(c2ccc(CCNCC(C)C)cc2)=NC1. The van der Waals surface area contributed by atoms with E-state index in [1.165, 1.54) is 5.56 Å². The van der Waals surface area contributed by atoms with Crippen LogP contribution in [0.1, 0.15) is 45.2 Å². The van der Waals surface area contributed by atoms with Gasteiger partial charge in [0.1, 0.15) is 5.67 Å². The van der Waals surface area contributed by atoms with Crippen LogP contribution in [0.4, 0.5) is 4.39 Å². The van der Waals surface area contributed by atoms with E-state index in [1.54, 1.807) is 6.92 Å². The van der Waals surface area contributed by atoms with Crippen molar-refractivity contribution in [3.05, 3.63) is 35.4 Å². The minimum absolute atomic E-state index is 0.372. The van der Waals surface area contributed by atoms with Crippen molar-refractivity contribution in [2.24, 2.45) is 15.9 Å². The Balaban J connectivity index is 1.93. The first-order valence-corrected chi connectivity index (χ1v) is 8.54. The van der Waals surface area contributed by atoms with Crippen molar-refractivity contribution in [1.82, 2.24) is 5.32 Å². The largest absolute Gasteiger partial charge is 0.316 e. The molecule has 2 rings (SSSR count). The maximum Gasteiger partial charge on any atom is 0.155 e. The summed E-state index contributed by atoms with van der Waals surface area (Å²) in [6.45, 7) is 10.2. The third-order valence-corrected chi connectivity index (χ3v) is 4.24. The van der Waals surface area contributed by atoms with Gasteiger partial charge in [-0.25, -0.2) is 9.38 Å². The van der Waals surface area contributed by atoms with Gasteiger partial charge in [-0.05, 0) is 44.3 Å². The van der Waals surface area contributed by atoms with E-state index in [0.717, 1.165) is 25.1 Å². The van der Waals surface area contributed by atoms with Gasteiger partial charge in [0.15, 0.2) is 5.84 Å². The van der Waals surface area contributed by atoms with Crippen LogP contribution in [-0.4, -0.2) is 36.9 Å². The Bertz CT molecular complexity index is 571. The molecule has 3 nitrogen and oxygen atoms in total. The molecule has 1 aromatic rings. The lowest BCUT2D eigenvalue weighted by Crippen LogP contribution is -2.30. The first kappa shape index (κ1) is 17.8. The van der Waals surface area contributed by atoms with Gasteiger partial charge in [-0.1, -0.05) is 45.0 Å². The molecular formula is C19H28FN3. The van der Waals surface area contributed by atoms with Gasteiger partial charge in [-0.2, -0.15) is 0 Å². The zero-order chi connectivity index (χ0) is 16.9. The molecule has 0 aromatic heterocycles. The summed E-state index contributed by atoms with van der Waals surface area (Å²) in [5.74, 6) is 1.33. The maximum absolute atomic E-state index is 14.3. The number of aliphatic imine (C=N–C) groups is 2. The third kappa shape index (κ3) is 4.96. The summed E-state index contributed by atoms with van der Waals surface area (Å²) in [7, 11) is 0. The molecule has 1 aliphatic rings. The number of benzene rings is 1. The zero-order valence-corrected chi connectivity index (χ0v) is 14.7. The Morgan fingerprint density at radius 2 is 1.96 bits per heavy atom. The van der Waals surface area contributed by atoms with Crippen LogP contribution in [0.3, 0.4) is 0 Å². The van der Waals surface area contributed by atoms with E-state index in [2.05, 4.69) is 41.3 Å². The molecule has 0 fully saturated rings. The highest BCUT2D eigenvalue weighted by molar-refractivity contribution is 6.13. The lowest BCUT2D eigenvalue weighted by atomic mass is 9.99. The molecule has 0 amide bonds. The Morgan fingerprint density at radius 3 is 2.57 bits per heavy atom. The standard InChI is InChI=1S/C19H28FN3/c1-5-19(4,20)17-13-22-18(23-17)16-8-6-15(7-9-16)10-11-21-12-14(2)3/h6-9,14,21H,5,10-13H2,1-4H3. The normalized spacial score (nSPS) is 17.1. The van der Waals surface area contributed by atoms with Crippen LogP contribution in [0.2, 0.25) is 0 Å². The van der Waals surface area contributed by atoms with Crippen LogP contribution in [0, 0.1) is 5.92 Å². The second-order valence-corrected chi connectivity index (χ2v) is 6.79. The van der Waals surface area contributed by atoms with Gasteiger partial charge < -0.3 is 5.32 Å². The fourth-order valence-electron chi connectivity index (χ4n) is 2.43. The molecule has 1 unspecified atom stereocenters. The Labute approximate surface area is 139 Å². The number of nitrogens with zero attached hydrogens (tertiary/aromatic N) is 2. The molecule has 1 aliphatic heterocycles. The molecule has 1 atom stereocenters. The van der Waals surface area contributed by atoms with Gasteiger partial charge in [-0.3, -0.25) is 4.99 Å². The predicted molar refractivity (Wildman–Crippen MR) is 96.5 cm³/mol. The van der Waals surface area contributed by atoms with Crippen LogP contribution < -0.4 is 5.32 Å². The van der Waals surface area contributed by atoms with Crippen molar-refractivity contribution in [3.8, 4) is 0 Å². The number of rotatable bonds is 8. The number of alkyl halides is 1. The minimum Gasteiger partial charge on any atom is -0.316 e. The van der Waals surface area contributed by atoms with E-state index < -0.39 is 5.67 Å². The number of halogens is 1. The molecule has 0 saturated carbocycles. The summed E-state index contributed by atoms with van der Waals surface area (Å²) in [4.78, 5) is 8.79. The van der Waals surface area contributed by atoms with Crippen LogP contribution in [0.25, 0.3) is 0 Å². The van der Waals surface area contributed by atoms with Crippen molar-refractivity contribution in [2.75, 3.05) is 19.6 Å². The van der Waals surface area contributed by atoms with Gasteiger partial charge in [0, 0.05) is 5.56 Å². The summed E-state index contributed by atoms with van der Waals surface area (Å²) in [6, 6.07) is 8.28. The van der Waals surface area contributed by atoms with Gasteiger partial charge in [-0.15, -0.1) is 0 Å². The zero-order valence-electron chi connectivity index (χ0n) is 14.7. The summed E-state index contributed by atoms with van der Waals surface area (Å²) in [5, 5.41) is 3.44. The number of hydrogen-bond acceptors (Lipinski definition) is 3. The molecule has 0 spiro atoms. The monoisotopic (exact) mass is 317 g/mol. The molecule has 1 heterocycles. The smallest absolute Gasteiger partial charge is 0.155 e. The van der Waals surface area contributed by atoms with E-state index in [0.29, 0.717) is 30.4 Å². The second kappa shape index (κ2) is 7.82. The molecule has 0 aliphatic carbocycles. The lowest BCUT2D eigenvalue weighted by molar-refractivity contribution is 0.274. The third-order valence-electron chi connectivity index (χ3n) is 4.24. The molecule has 23 heavy (non-hydrogen) atoms. The number of hydrogen-bond donors (Lipinski definition) is 1. The van der Waals surface area contributed by atoms with Crippen LogP contribution in [-0.2, 0) is 6.42 Å². The van der Waals surface area contributed by atoms with E-state index in [-0.39, 0.29) is 0 Å². The van der Waals surface area contributed by atoms with Gasteiger partial charge in [0.25, 0.3) is 0 Å². The first-order valence-electron chi connectivity index (χ1n) is 8.54. The highest BCUT2D eigenvalue weighted by Gasteiger charge is 2.30. The molecule has 126 valence electrons. The summed E-state index contributed by atoms with van der Waals surface area (Å²) in [6.07, 6.45) is 1.43. The molecule has 1 aromatic carbocycles. The minimum atomic E-state index is -1.35. The van der Waals surface area contributed by atoms with Crippen molar-refractivity contribution < 1.29 is 4.39 Å². The van der Waals surface area contributed by atoms with Crippen LogP contribution in [0.5, 0.6) is 0 Å². The summed E-state index contributed by atoms with van der Waals surface area (Å²) >= 11 is 0. The molecule has 4 heteroatoms. The van der Waals surface area contributed by atoms with E-state index in [4.69, 9.17) is 0 Å². The number of nitrogens with one attached hydrogen (secondary N) is 1. The van der Waals surface area contributed by atoms with Gasteiger partial charge in [0.2, 0.25) is 0 Å².